The topological polar surface area (TPSA) is 47.6 Å². The average molecular weight is 263 g/mol. The maximum absolute atomic E-state index is 11.0. The Balaban J connectivity index is 2.17. The summed E-state index contributed by atoms with van der Waals surface area (Å²) in [7, 11) is 0. The van der Waals surface area contributed by atoms with Crippen molar-refractivity contribution in [2.24, 2.45) is 0 Å². The highest BCUT2D eigenvalue weighted by Gasteiger charge is 2.26. The number of benzene rings is 1. The largest absolute Gasteiger partial charge is 0.454 e. The third-order valence-corrected chi connectivity index (χ3v) is 3.39. The number of hydrogen-bond acceptors (Lipinski definition) is 4. The Hall–Kier alpha value is -1.55. The van der Waals surface area contributed by atoms with Crippen LogP contribution in [0.1, 0.15) is 31.9 Å². The smallest absolute Gasteiger partial charge is 0.231 e. The number of fused-ring (bicyclic) bond motifs is 1. The summed E-state index contributed by atoms with van der Waals surface area (Å²) in [4.78, 5) is 11.0. The fourth-order valence-corrected chi connectivity index (χ4v) is 2.42. The molecule has 19 heavy (non-hydrogen) atoms. The second-order valence-electron chi connectivity index (χ2n) is 5.71. The van der Waals surface area contributed by atoms with Crippen molar-refractivity contribution in [2.75, 3.05) is 19.9 Å². The molecule has 1 heterocycles. The number of rotatable bonds is 5. The molecule has 0 aromatic heterocycles. The first-order valence-electron chi connectivity index (χ1n) is 6.51. The lowest BCUT2D eigenvalue weighted by molar-refractivity contribution is -0.116. The summed E-state index contributed by atoms with van der Waals surface area (Å²) in [6.07, 6.45) is 0. The standard InChI is InChI=1S/C15H21NO3/c1-10-5-13-14(19-9-18-13)6-12(10)15(3,4)8-16-7-11(2)17/h5-6,16H,7-9H2,1-4H3. The van der Waals surface area contributed by atoms with Gasteiger partial charge in [0, 0.05) is 12.0 Å². The highest BCUT2D eigenvalue weighted by atomic mass is 16.7. The molecular formula is C15H21NO3. The Morgan fingerprint density at radius 2 is 1.95 bits per heavy atom. The van der Waals surface area contributed by atoms with Gasteiger partial charge in [0.1, 0.15) is 5.78 Å². The van der Waals surface area contributed by atoms with Gasteiger partial charge in [-0.05, 0) is 37.1 Å². The van der Waals surface area contributed by atoms with Gasteiger partial charge in [0.2, 0.25) is 6.79 Å². The Morgan fingerprint density at radius 3 is 2.58 bits per heavy atom. The predicted molar refractivity (Wildman–Crippen MR) is 73.9 cm³/mol. The van der Waals surface area contributed by atoms with Crippen molar-refractivity contribution in [3.8, 4) is 11.5 Å². The molecule has 1 aromatic carbocycles. The van der Waals surface area contributed by atoms with Crippen molar-refractivity contribution in [3.05, 3.63) is 23.3 Å². The molecule has 0 aliphatic carbocycles. The molecule has 2 rings (SSSR count). The lowest BCUT2D eigenvalue weighted by atomic mass is 9.81. The molecule has 4 nitrogen and oxygen atoms in total. The number of ketones is 1. The van der Waals surface area contributed by atoms with Crippen molar-refractivity contribution in [1.29, 1.82) is 0 Å². The third kappa shape index (κ3) is 3.07. The fraction of sp³-hybridized carbons (Fsp3) is 0.533. The molecule has 1 N–H and O–H groups in total. The minimum Gasteiger partial charge on any atom is -0.454 e. The summed E-state index contributed by atoms with van der Waals surface area (Å²) in [6, 6.07) is 4.07. The minimum absolute atomic E-state index is 0.0689. The molecule has 0 saturated heterocycles. The normalized spacial score (nSPS) is 13.7. The van der Waals surface area contributed by atoms with Gasteiger partial charge in [-0.3, -0.25) is 4.79 Å². The van der Waals surface area contributed by atoms with Crippen molar-refractivity contribution < 1.29 is 14.3 Å². The maximum atomic E-state index is 11.0. The maximum Gasteiger partial charge on any atom is 0.231 e. The lowest BCUT2D eigenvalue weighted by Crippen LogP contribution is -2.35. The van der Waals surface area contributed by atoms with Crippen LogP contribution in [0.15, 0.2) is 12.1 Å². The van der Waals surface area contributed by atoms with Crippen LogP contribution in [0.3, 0.4) is 0 Å². The summed E-state index contributed by atoms with van der Waals surface area (Å²) < 4.78 is 10.8. The first kappa shape index (κ1) is 13.9. The highest BCUT2D eigenvalue weighted by molar-refractivity contribution is 5.77. The van der Waals surface area contributed by atoms with Crippen LogP contribution in [0.25, 0.3) is 0 Å². The van der Waals surface area contributed by atoms with Crippen molar-refractivity contribution >= 4 is 5.78 Å². The van der Waals surface area contributed by atoms with E-state index < -0.39 is 0 Å². The number of carbonyl (C=O) groups excluding carboxylic acids is 1. The van der Waals surface area contributed by atoms with Crippen molar-refractivity contribution in [1.82, 2.24) is 5.32 Å². The number of hydrogen-bond donors (Lipinski definition) is 1. The van der Waals surface area contributed by atoms with Gasteiger partial charge in [0.05, 0.1) is 6.54 Å². The highest BCUT2D eigenvalue weighted by Crippen LogP contribution is 2.38. The van der Waals surface area contributed by atoms with Gasteiger partial charge >= 0.3 is 0 Å². The SMILES string of the molecule is CC(=O)CNCC(C)(C)c1cc2c(cc1C)OCO2. The second-order valence-corrected chi connectivity index (χ2v) is 5.71. The summed E-state index contributed by atoms with van der Waals surface area (Å²) in [5.74, 6) is 1.77. The van der Waals surface area contributed by atoms with E-state index in [0.717, 1.165) is 18.0 Å². The van der Waals surface area contributed by atoms with Gasteiger partial charge in [0.25, 0.3) is 0 Å². The molecule has 104 valence electrons. The zero-order valence-corrected chi connectivity index (χ0v) is 12.0. The molecule has 0 spiro atoms. The second kappa shape index (κ2) is 5.21. The van der Waals surface area contributed by atoms with Crippen molar-refractivity contribution in [3.63, 3.8) is 0 Å². The fourth-order valence-electron chi connectivity index (χ4n) is 2.42. The first-order chi connectivity index (χ1) is 8.90. The minimum atomic E-state index is -0.0689. The van der Waals surface area contributed by atoms with Gasteiger partial charge < -0.3 is 14.8 Å². The molecule has 0 fully saturated rings. The average Bonchev–Trinajstić information content (AvgIpc) is 2.73. The summed E-state index contributed by atoms with van der Waals surface area (Å²) in [5, 5.41) is 3.20. The van der Waals surface area contributed by atoms with E-state index >= 15 is 0 Å². The van der Waals surface area contributed by atoms with Crippen LogP contribution in [0.4, 0.5) is 0 Å². The molecule has 0 atom stereocenters. The molecule has 0 saturated carbocycles. The van der Waals surface area contributed by atoms with Crippen LogP contribution in [-0.4, -0.2) is 25.7 Å². The number of aryl methyl sites for hydroxylation is 1. The van der Waals surface area contributed by atoms with E-state index in [9.17, 15) is 4.79 Å². The number of ether oxygens (including phenoxy) is 2. The lowest BCUT2D eigenvalue weighted by Gasteiger charge is -2.27. The van der Waals surface area contributed by atoms with Crippen LogP contribution < -0.4 is 14.8 Å². The van der Waals surface area contributed by atoms with E-state index in [1.807, 2.05) is 12.1 Å². The molecule has 0 unspecified atom stereocenters. The molecule has 0 amide bonds. The Morgan fingerprint density at radius 1 is 1.32 bits per heavy atom. The van der Waals surface area contributed by atoms with Crippen LogP contribution in [-0.2, 0) is 10.2 Å². The Bertz CT molecular complexity index is 494. The summed E-state index contributed by atoms with van der Waals surface area (Å²) in [5.41, 5.74) is 2.33. The molecule has 1 aromatic rings. The van der Waals surface area contributed by atoms with Crippen LogP contribution in [0.2, 0.25) is 0 Å². The molecule has 1 aliphatic rings. The Labute approximate surface area is 114 Å². The zero-order chi connectivity index (χ0) is 14.0. The molecule has 1 aliphatic heterocycles. The van der Waals surface area contributed by atoms with E-state index in [2.05, 4.69) is 26.1 Å². The van der Waals surface area contributed by atoms with E-state index in [1.165, 1.54) is 11.1 Å². The number of carbonyl (C=O) groups is 1. The van der Waals surface area contributed by atoms with E-state index in [1.54, 1.807) is 6.92 Å². The van der Waals surface area contributed by atoms with Gasteiger partial charge in [0.15, 0.2) is 11.5 Å². The summed E-state index contributed by atoms with van der Waals surface area (Å²) in [6.45, 7) is 9.42. The zero-order valence-electron chi connectivity index (χ0n) is 12.0. The van der Waals surface area contributed by atoms with Gasteiger partial charge in [-0.25, -0.2) is 0 Å². The van der Waals surface area contributed by atoms with E-state index in [-0.39, 0.29) is 11.2 Å². The van der Waals surface area contributed by atoms with Crippen LogP contribution >= 0.6 is 0 Å². The van der Waals surface area contributed by atoms with Gasteiger partial charge in [-0.1, -0.05) is 13.8 Å². The molecule has 4 heteroatoms. The van der Waals surface area contributed by atoms with Crippen LogP contribution in [0, 0.1) is 6.92 Å². The van der Waals surface area contributed by atoms with E-state index in [4.69, 9.17) is 9.47 Å². The number of Topliss-reactive ketones (excluding diaryl/α,β-unsaturated/α-hetero) is 1. The van der Waals surface area contributed by atoms with Crippen LogP contribution in [0.5, 0.6) is 11.5 Å². The Kier molecular flexibility index (Phi) is 3.80. The molecular weight excluding hydrogens is 242 g/mol. The quantitative estimate of drug-likeness (QED) is 0.884. The summed E-state index contributed by atoms with van der Waals surface area (Å²) >= 11 is 0. The monoisotopic (exact) mass is 263 g/mol. The van der Waals surface area contributed by atoms with E-state index in [0.29, 0.717) is 13.3 Å². The third-order valence-electron chi connectivity index (χ3n) is 3.39. The predicted octanol–water partition coefficient (Wildman–Crippen LogP) is 2.18. The first-order valence-corrected chi connectivity index (χ1v) is 6.51. The van der Waals surface area contributed by atoms with Gasteiger partial charge in [-0.2, -0.15) is 0 Å². The number of nitrogens with one attached hydrogen (secondary N) is 1. The van der Waals surface area contributed by atoms with Gasteiger partial charge in [-0.15, -0.1) is 0 Å². The molecule has 0 radical (unpaired) electrons. The van der Waals surface area contributed by atoms with Crippen molar-refractivity contribution in [2.45, 2.75) is 33.1 Å². The molecule has 0 bridgehead atoms.